The highest BCUT2D eigenvalue weighted by Gasteiger charge is 2.63. The van der Waals surface area contributed by atoms with Crippen molar-refractivity contribution in [2.45, 2.75) is 89.1 Å². The second-order valence-electron chi connectivity index (χ2n) is 13.0. The average molecular weight is 613 g/mol. The Labute approximate surface area is 257 Å². The van der Waals surface area contributed by atoms with Crippen molar-refractivity contribution in [2.24, 2.45) is 22.9 Å². The lowest BCUT2D eigenvalue weighted by Crippen LogP contribution is -2.62. The van der Waals surface area contributed by atoms with Gasteiger partial charge in [0.05, 0.1) is 24.9 Å². The number of hydrogen-bond donors (Lipinski definition) is 4. The molecule has 44 heavy (non-hydrogen) atoms. The molecule has 2 aliphatic carbocycles. The molecule has 1 saturated carbocycles. The Morgan fingerprint density at radius 2 is 1.89 bits per heavy atom. The van der Waals surface area contributed by atoms with Crippen molar-refractivity contribution in [3.8, 4) is 11.5 Å². The molecule has 12 nitrogen and oxygen atoms in total. The van der Waals surface area contributed by atoms with Crippen molar-refractivity contribution >= 4 is 11.7 Å². The second kappa shape index (κ2) is 12.9. The van der Waals surface area contributed by atoms with Gasteiger partial charge < -0.3 is 34.7 Å². The maximum Gasteiger partial charge on any atom is 0.358 e. The lowest BCUT2D eigenvalue weighted by molar-refractivity contribution is -0.225. The molecule has 240 valence electrons. The third-order valence-corrected chi connectivity index (χ3v) is 8.95. The SMILES string of the molecule is COC(=O)c1cnnn1[C@H]1CC(=NOC(C)(C)C)C2=C[C@H](CCCCO)[C@@H](CCCCO)[C@@H]3c4cc(O)ccc4O[C@@]1(O)[C@H]23. The minimum absolute atomic E-state index is 0.00401. The molecule has 0 spiro atoms. The third kappa shape index (κ3) is 6.07. The molecule has 3 aliphatic rings. The van der Waals surface area contributed by atoms with Crippen LogP contribution in [-0.2, 0) is 9.57 Å². The quantitative estimate of drug-likeness (QED) is 0.166. The number of hydrogen-bond acceptors (Lipinski definition) is 11. The van der Waals surface area contributed by atoms with Gasteiger partial charge in [0.1, 0.15) is 23.1 Å². The summed E-state index contributed by atoms with van der Waals surface area (Å²) in [4.78, 5) is 18.7. The number of nitrogens with zero attached hydrogens (tertiary/aromatic N) is 4. The number of benzene rings is 1. The first-order valence-corrected chi connectivity index (χ1v) is 15.4. The summed E-state index contributed by atoms with van der Waals surface area (Å²) >= 11 is 0. The number of ether oxygens (including phenoxy) is 2. The van der Waals surface area contributed by atoms with Crippen molar-refractivity contribution in [2.75, 3.05) is 20.3 Å². The number of aromatic hydroxyl groups is 1. The molecule has 2 aromatic rings. The van der Waals surface area contributed by atoms with Gasteiger partial charge in [0.2, 0.25) is 5.79 Å². The number of aliphatic hydroxyl groups excluding tert-OH is 2. The fraction of sp³-hybridized carbons (Fsp3) is 0.625. The lowest BCUT2D eigenvalue weighted by Gasteiger charge is -2.56. The maximum atomic E-state index is 12.8. The molecule has 1 fully saturated rings. The van der Waals surface area contributed by atoms with Crippen LogP contribution in [0.1, 0.15) is 93.7 Å². The van der Waals surface area contributed by atoms with E-state index in [4.69, 9.17) is 14.3 Å². The summed E-state index contributed by atoms with van der Waals surface area (Å²) in [6.45, 7) is 5.87. The van der Waals surface area contributed by atoms with Crippen LogP contribution < -0.4 is 4.74 Å². The van der Waals surface area contributed by atoms with Gasteiger partial charge >= 0.3 is 5.97 Å². The molecule has 1 aliphatic heterocycles. The van der Waals surface area contributed by atoms with Crippen molar-refractivity contribution in [3.05, 3.63) is 47.3 Å². The fourth-order valence-corrected chi connectivity index (χ4v) is 7.13. The summed E-state index contributed by atoms with van der Waals surface area (Å²) in [7, 11) is 1.27. The zero-order valence-corrected chi connectivity index (χ0v) is 25.8. The topological polar surface area (TPSA) is 169 Å². The Morgan fingerprint density at radius 1 is 1.16 bits per heavy atom. The minimum atomic E-state index is -1.89. The first-order valence-electron chi connectivity index (χ1n) is 15.4. The number of oxime groups is 1. The number of aromatic nitrogens is 3. The van der Waals surface area contributed by atoms with Gasteiger partial charge in [0.25, 0.3) is 0 Å². The molecule has 0 amide bonds. The summed E-state index contributed by atoms with van der Waals surface area (Å²) in [5.74, 6) is -2.94. The van der Waals surface area contributed by atoms with Crippen molar-refractivity contribution in [1.82, 2.24) is 15.0 Å². The fourth-order valence-electron chi connectivity index (χ4n) is 7.13. The maximum absolute atomic E-state index is 12.8. The van der Waals surface area contributed by atoms with E-state index in [1.807, 2.05) is 20.8 Å². The Bertz CT molecular complexity index is 1400. The molecule has 12 heteroatoms. The number of methoxy groups -OCH3 is 1. The summed E-state index contributed by atoms with van der Waals surface area (Å²) in [5.41, 5.74) is 1.63. The first-order chi connectivity index (χ1) is 21.0. The molecule has 1 aromatic carbocycles. The highest BCUT2D eigenvalue weighted by atomic mass is 16.6. The van der Waals surface area contributed by atoms with Gasteiger partial charge in [-0.3, -0.25) is 0 Å². The van der Waals surface area contributed by atoms with Gasteiger partial charge in [0, 0.05) is 31.1 Å². The zero-order chi connectivity index (χ0) is 31.6. The van der Waals surface area contributed by atoms with E-state index >= 15 is 0 Å². The van der Waals surface area contributed by atoms with E-state index in [0.717, 1.165) is 36.8 Å². The standard InChI is InChI=1S/C32H44N4O8/c1-31(2,3)44-34-24-17-27(36-25(18-33-35-36)30(40)42-4)32(41)29-22(24)15-19(9-5-7-13-37)21(10-6-8-14-38)28(29)23-16-20(39)11-12-26(23)43-32/h11-12,15-16,18-19,21,27-29,37-39,41H,5-10,13-14,17H2,1-4H3/t19-,21+,27-,28+,29+,32+/m0/s1. The molecule has 6 atom stereocenters. The van der Waals surface area contributed by atoms with Gasteiger partial charge in [0.15, 0.2) is 5.69 Å². The Morgan fingerprint density at radius 3 is 2.57 bits per heavy atom. The number of fused-ring (bicyclic) bond motifs is 2. The Hall–Kier alpha value is -3.48. The second-order valence-corrected chi connectivity index (χ2v) is 13.0. The summed E-state index contributed by atoms with van der Waals surface area (Å²) in [6.07, 6.45) is 8.04. The van der Waals surface area contributed by atoms with Crippen LogP contribution in [0.3, 0.4) is 0 Å². The first kappa shape index (κ1) is 31.9. The molecule has 1 aromatic heterocycles. The number of rotatable bonds is 11. The largest absolute Gasteiger partial charge is 0.508 e. The number of allylic oxidation sites excluding steroid dienone is 1. The average Bonchev–Trinajstić information content (AvgIpc) is 3.47. The predicted octanol–water partition coefficient (Wildman–Crippen LogP) is 3.86. The van der Waals surface area contributed by atoms with Gasteiger partial charge in [-0.1, -0.05) is 29.3 Å². The van der Waals surface area contributed by atoms with Crippen LogP contribution in [0.25, 0.3) is 0 Å². The molecule has 0 bridgehead atoms. The van der Waals surface area contributed by atoms with Gasteiger partial charge in [-0.25, -0.2) is 9.48 Å². The smallest absolute Gasteiger partial charge is 0.358 e. The summed E-state index contributed by atoms with van der Waals surface area (Å²) < 4.78 is 12.9. The molecule has 0 radical (unpaired) electrons. The zero-order valence-electron chi connectivity index (χ0n) is 25.8. The summed E-state index contributed by atoms with van der Waals surface area (Å²) in [5, 5.41) is 55.4. The number of carbonyl (C=O) groups is 1. The van der Waals surface area contributed by atoms with Crippen molar-refractivity contribution < 1.29 is 39.5 Å². The van der Waals surface area contributed by atoms with Crippen LogP contribution in [-0.4, -0.2) is 78.8 Å². The Kier molecular flexibility index (Phi) is 9.33. The van der Waals surface area contributed by atoms with Crippen LogP contribution >= 0.6 is 0 Å². The number of phenolic OH excluding ortho intramolecular Hbond substituents is 1. The highest BCUT2D eigenvalue weighted by molar-refractivity contribution is 6.02. The highest BCUT2D eigenvalue weighted by Crippen LogP contribution is 2.62. The Balaban J connectivity index is 1.74. The van der Waals surface area contributed by atoms with E-state index in [2.05, 4.69) is 21.5 Å². The predicted molar refractivity (Wildman–Crippen MR) is 160 cm³/mol. The molecular weight excluding hydrogens is 568 g/mol. The van der Waals surface area contributed by atoms with Crippen molar-refractivity contribution in [3.63, 3.8) is 0 Å². The number of unbranched alkanes of at least 4 members (excludes halogenated alkanes) is 2. The lowest BCUT2D eigenvalue weighted by atomic mass is 9.55. The van der Waals surface area contributed by atoms with Gasteiger partial charge in [-0.15, -0.1) is 5.10 Å². The van der Waals surface area contributed by atoms with Crippen LogP contribution in [0.15, 0.2) is 41.2 Å². The van der Waals surface area contributed by atoms with Crippen LogP contribution in [0, 0.1) is 17.8 Å². The molecule has 0 unspecified atom stereocenters. The minimum Gasteiger partial charge on any atom is -0.508 e. The summed E-state index contributed by atoms with van der Waals surface area (Å²) in [6, 6.07) is 3.96. The third-order valence-electron chi connectivity index (χ3n) is 8.95. The monoisotopic (exact) mass is 612 g/mol. The molecule has 2 heterocycles. The molecule has 4 N–H and O–H groups in total. The van der Waals surface area contributed by atoms with Crippen molar-refractivity contribution in [1.29, 1.82) is 0 Å². The number of aliphatic hydroxyl groups is 3. The number of carbonyl (C=O) groups excluding carboxylic acids is 1. The number of esters is 1. The van der Waals surface area contributed by atoms with Crippen LogP contribution in [0.2, 0.25) is 0 Å². The number of phenols is 1. The molecule has 5 rings (SSSR count). The van der Waals surface area contributed by atoms with E-state index in [9.17, 15) is 25.2 Å². The van der Waals surface area contributed by atoms with Crippen LogP contribution in [0.4, 0.5) is 0 Å². The molecular formula is C32H44N4O8. The molecule has 0 saturated heterocycles. The van der Waals surface area contributed by atoms with Gasteiger partial charge in [-0.2, -0.15) is 0 Å². The van der Waals surface area contributed by atoms with E-state index in [1.165, 1.54) is 24.1 Å². The van der Waals surface area contributed by atoms with Crippen LogP contribution in [0.5, 0.6) is 11.5 Å². The van der Waals surface area contributed by atoms with E-state index in [-0.39, 0.29) is 48.8 Å². The van der Waals surface area contributed by atoms with E-state index in [1.54, 1.807) is 12.1 Å². The van der Waals surface area contributed by atoms with Gasteiger partial charge in [-0.05, 0) is 82.1 Å². The van der Waals surface area contributed by atoms with E-state index < -0.39 is 29.3 Å². The van der Waals surface area contributed by atoms with E-state index in [0.29, 0.717) is 24.3 Å². The normalized spacial score (nSPS) is 28.5.